The van der Waals surface area contributed by atoms with E-state index in [1.807, 2.05) is 0 Å². The number of phenols is 2. The summed E-state index contributed by atoms with van der Waals surface area (Å²) < 4.78 is 60.3. The quantitative estimate of drug-likeness (QED) is 0.575. The maximum absolute atomic E-state index is 12.1. The highest BCUT2D eigenvalue weighted by molar-refractivity contribution is 8.45. The van der Waals surface area contributed by atoms with Crippen LogP contribution in [0.1, 0.15) is 0 Å². The summed E-state index contributed by atoms with van der Waals surface area (Å²) in [5.41, 5.74) is 0. The molecule has 0 amide bonds. The minimum Gasteiger partial charge on any atom is -0.504 e. The van der Waals surface area contributed by atoms with Gasteiger partial charge in [0.25, 0.3) is 0 Å². The summed E-state index contributed by atoms with van der Waals surface area (Å²) >= 11 is 0. The van der Waals surface area contributed by atoms with Gasteiger partial charge < -0.3 is 10.2 Å². The predicted octanol–water partition coefficient (Wildman–Crippen LogP) is 3.76. The molecule has 0 atom stereocenters. The average Bonchev–Trinajstić information content (AvgIpc) is 1.89. The fourth-order valence-corrected chi connectivity index (χ4v) is 1.40. The van der Waals surface area contributed by atoms with Gasteiger partial charge in [-0.1, -0.05) is 19.4 Å². The second-order valence-corrected chi connectivity index (χ2v) is 5.03. The lowest BCUT2D eigenvalue weighted by Gasteiger charge is -2.40. The van der Waals surface area contributed by atoms with E-state index in [-0.39, 0.29) is 12.1 Å². The van der Waals surface area contributed by atoms with Crippen molar-refractivity contribution in [3.05, 3.63) is 18.2 Å². The minimum atomic E-state index is -9.76. The number of aromatic hydroxyl groups is 2. The Morgan fingerprint density at radius 3 is 1.71 bits per heavy atom. The van der Waals surface area contributed by atoms with Crippen molar-refractivity contribution >= 4 is 10.2 Å². The number of benzene rings is 1. The average molecular weight is 236 g/mol. The molecular formula is C6H5F5O2S. The highest BCUT2D eigenvalue weighted by Gasteiger charge is 2.65. The van der Waals surface area contributed by atoms with Crippen molar-refractivity contribution in [1.29, 1.82) is 0 Å². The molecule has 0 aliphatic carbocycles. The van der Waals surface area contributed by atoms with E-state index >= 15 is 0 Å². The van der Waals surface area contributed by atoms with E-state index in [1.54, 1.807) is 0 Å². The molecule has 14 heavy (non-hydrogen) atoms. The zero-order valence-corrected chi connectivity index (χ0v) is 7.24. The maximum atomic E-state index is 12.1. The summed E-state index contributed by atoms with van der Waals surface area (Å²) in [4.78, 5) is -2.24. The van der Waals surface area contributed by atoms with Gasteiger partial charge in [0.2, 0.25) is 0 Å². The molecule has 0 aliphatic rings. The Bertz CT molecular complexity index is 384. The topological polar surface area (TPSA) is 40.5 Å². The third-order valence-corrected chi connectivity index (χ3v) is 2.54. The Morgan fingerprint density at radius 1 is 0.857 bits per heavy atom. The van der Waals surface area contributed by atoms with Gasteiger partial charge >= 0.3 is 10.2 Å². The third kappa shape index (κ3) is 2.19. The van der Waals surface area contributed by atoms with Gasteiger partial charge in [0.1, 0.15) is 4.90 Å². The normalized spacial score (nSPS) is 17.2. The van der Waals surface area contributed by atoms with Gasteiger partial charge in [-0.15, -0.1) is 0 Å². The molecule has 1 aromatic rings. The van der Waals surface area contributed by atoms with Crippen LogP contribution in [0, 0.1) is 0 Å². The molecule has 1 aromatic carbocycles. The Labute approximate surface area is 75.3 Å². The van der Waals surface area contributed by atoms with Crippen LogP contribution in [0.25, 0.3) is 0 Å². The molecule has 0 saturated carbocycles. The monoisotopic (exact) mass is 236 g/mol. The summed E-state index contributed by atoms with van der Waals surface area (Å²) in [7, 11) is -9.76. The van der Waals surface area contributed by atoms with Gasteiger partial charge in [0.15, 0.2) is 11.5 Å². The fraction of sp³-hybridized carbons (Fsp3) is 0. The Hall–Kier alpha value is -1.18. The lowest BCUT2D eigenvalue weighted by Crippen LogP contribution is -2.05. The molecule has 82 valence electrons. The largest absolute Gasteiger partial charge is 0.504 e. The van der Waals surface area contributed by atoms with E-state index in [2.05, 4.69) is 0 Å². The van der Waals surface area contributed by atoms with Gasteiger partial charge in [0, 0.05) is 6.07 Å². The summed E-state index contributed by atoms with van der Waals surface area (Å²) in [6.45, 7) is 0. The van der Waals surface area contributed by atoms with E-state index in [0.29, 0.717) is 6.07 Å². The van der Waals surface area contributed by atoms with Crippen LogP contribution in [0.4, 0.5) is 19.4 Å². The van der Waals surface area contributed by atoms with Crippen molar-refractivity contribution in [2.75, 3.05) is 0 Å². The van der Waals surface area contributed by atoms with Crippen molar-refractivity contribution in [3.63, 3.8) is 0 Å². The molecule has 0 saturated heterocycles. The molecular weight excluding hydrogens is 231 g/mol. The van der Waals surface area contributed by atoms with E-state index in [9.17, 15) is 19.4 Å². The number of phenolic OH excluding ortho intramolecular Hbond substituents is 2. The van der Waals surface area contributed by atoms with Crippen LogP contribution in [-0.4, -0.2) is 10.2 Å². The summed E-state index contributed by atoms with van der Waals surface area (Å²) in [5.74, 6) is -2.13. The van der Waals surface area contributed by atoms with Crippen LogP contribution in [0.2, 0.25) is 0 Å². The van der Waals surface area contributed by atoms with Crippen LogP contribution in [0.3, 0.4) is 0 Å². The summed E-state index contributed by atoms with van der Waals surface area (Å²) in [6.07, 6.45) is 0. The molecule has 1 rings (SSSR count). The van der Waals surface area contributed by atoms with E-state index in [1.165, 1.54) is 0 Å². The molecule has 0 spiro atoms. The fourth-order valence-electron chi connectivity index (χ4n) is 0.743. The Kier molecular flexibility index (Phi) is 1.62. The SMILES string of the molecule is Oc1ccc(S(F)(F)(F)(F)F)cc1O. The molecule has 0 fully saturated rings. The zero-order valence-electron chi connectivity index (χ0n) is 6.42. The first-order valence-electron chi connectivity index (χ1n) is 3.16. The zero-order chi connectivity index (χ0) is 11.3. The van der Waals surface area contributed by atoms with E-state index < -0.39 is 26.6 Å². The molecule has 0 bridgehead atoms. The first-order valence-corrected chi connectivity index (χ1v) is 5.11. The molecule has 0 heterocycles. The van der Waals surface area contributed by atoms with Crippen LogP contribution >= 0.6 is 10.2 Å². The van der Waals surface area contributed by atoms with Crippen molar-refractivity contribution in [3.8, 4) is 11.5 Å². The van der Waals surface area contributed by atoms with Crippen molar-refractivity contribution in [2.24, 2.45) is 0 Å². The van der Waals surface area contributed by atoms with Crippen LogP contribution in [-0.2, 0) is 0 Å². The molecule has 2 N–H and O–H groups in total. The third-order valence-electron chi connectivity index (χ3n) is 1.39. The lowest BCUT2D eigenvalue weighted by molar-refractivity contribution is 0.360. The number of hydrogen-bond donors (Lipinski definition) is 2. The molecule has 0 unspecified atom stereocenters. The van der Waals surface area contributed by atoms with Crippen LogP contribution in [0.5, 0.6) is 11.5 Å². The van der Waals surface area contributed by atoms with E-state index in [4.69, 9.17) is 10.2 Å². The van der Waals surface area contributed by atoms with Gasteiger partial charge in [-0.05, 0) is 12.1 Å². The predicted molar refractivity (Wildman–Crippen MR) is 41.2 cm³/mol. The van der Waals surface area contributed by atoms with Crippen molar-refractivity contribution in [1.82, 2.24) is 0 Å². The van der Waals surface area contributed by atoms with Gasteiger partial charge in [-0.25, -0.2) is 0 Å². The maximum Gasteiger partial charge on any atom is 0.310 e. The first kappa shape index (κ1) is 10.9. The number of hydrogen-bond acceptors (Lipinski definition) is 2. The summed E-state index contributed by atoms with van der Waals surface area (Å²) in [6, 6.07) is 0.149. The number of rotatable bonds is 1. The van der Waals surface area contributed by atoms with Crippen molar-refractivity contribution < 1.29 is 29.6 Å². The smallest absolute Gasteiger partial charge is 0.310 e. The van der Waals surface area contributed by atoms with Gasteiger partial charge in [-0.3, -0.25) is 0 Å². The highest BCUT2D eigenvalue weighted by atomic mass is 32.5. The van der Waals surface area contributed by atoms with Crippen LogP contribution < -0.4 is 0 Å². The number of halogens is 5. The summed E-state index contributed by atoms with van der Waals surface area (Å²) in [5, 5.41) is 17.3. The second-order valence-electron chi connectivity index (χ2n) is 2.62. The second kappa shape index (κ2) is 2.08. The minimum absolute atomic E-state index is 0.0105. The standard InChI is InChI=1S/C6H5F5O2S/c7-14(8,9,10,11)4-1-2-5(12)6(13)3-4/h1-3,12-13H. The molecule has 0 aliphatic heterocycles. The molecule has 0 radical (unpaired) electrons. The molecule has 8 heteroatoms. The van der Waals surface area contributed by atoms with Crippen molar-refractivity contribution in [2.45, 2.75) is 4.90 Å². The molecule has 0 aromatic heterocycles. The Morgan fingerprint density at radius 2 is 1.36 bits per heavy atom. The highest BCUT2D eigenvalue weighted by Crippen LogP contribution is 3.02. The lowest BCUT2D eigenvalue weighted by atomic mass is 10.3. The Balaban J connectivity index is 3.45. The van der Waals surface area contributed by atoms with Gasteiger partial charge in [0.05, 0.1) is 0 Å². The van der Waals surface area contributed by atoms with E-state index in [0.717, 1.165) is 0 Å². The van der Waals surface area contributed by atoms with Crippen LogP contribution in [0.15, 0.2) is 23.1 Å². The molecule has 2 nitrogen and oxygen atoms in total. The van der Waals surface area contributed by atoms with Gasteiger partial charge in [-0.2, -0.15) is 0 Å². The first-order chi connectivity index (χ1) is 5.90.